The topological polar surface area (TPSA) is 73.9 Å². The van der Waals surface area contributed by atoms with E-state index in [0.29, 0.717) is 23.0 Å². The summed E-state index contributed by atoms with van der Waals surface area (Å²) < 4.78 is 15.7. The quantitative estimate of drug-likeness (QED) is 0.584. The van der Waals surface area contributed by atoms with Crippen molar-refractivity contribution in [3.05, 3.63) is 29.8 Å². The predicted octanol–water partition coefficient (Wildman–Crippen LogP) is 3.34. The van der Waals surface area contributed by atoms with Gasteiger partial charge in [-0.1, -0.05) is 19.8 Å². The van der Waals surface area contributed by atoms with Crippen LogP contribution in [0.2, 0.25) is 0 Å². The summed E-state index contributed by atoms with van der Waals surface area (Å²) in [7, 11) is 3.12. The van der Waals surface area contributed by atoms with Crippen LogP contribution in [0.25, 0.3) is 6.08 Å². The van der Waals surface area contributed by atoms with E-state index in [4.69, 9.17) is 14.2 Å². The van der Waals surface area contributed by atoms with E-state index in [1.165, 1.54) is 12.5 Å². The molecule has 1 aliphatic rings. The summed E-state index contributed by atoms with van der Waals surface area (Å²) in [5.74, 6) is 0.863. The lowest BCUT2D eigenvalue weighted by atomic mass is 9.86. The van der Waals surface area contributed by atoms with Crippen molar-refractivity contribution in [3.8, 4) is 11.5 Å². The van der Waals surface area contributed by atoms with Crippen LogP contribution in [0.1, 0.15) is 45.1 Å². The molecular formula is C21H29NO5. The highest BCUT2D eigenvalue weighted by Crippen LogP contribution is 2.26. The highest BCUT2D eigenvalue weighted by molar-refractivity contribution is 5.90. The molecule has 1 aliphatic carbocycles. The number of methoxy groups -OCH3 is 2. The third-order valence-corrected chi connectivity index (χ3v) is 4.94. The summed E-state index contributed by atoms with van der Waals surface area (Å²) in [6.07, 6.45) is 6.46. The van der Waals surface area contributed by atoms with E-state index in [2.05, 4.69) is 12.2 Å². The number of benzene rings is 1. The molecule has 0 heterocycles. The number of rotatable bonds is 7. The van der Waals surface area contributed by atoms with E-state index in [1.54, 1.807) is 45.4 Å². The number of carbonyl (C=O) groups is 2. The average Bonchev–Trinajstić information content (AvgIpc) is 2.67. The number of esters is 1. The Morgan fingerprint density at radius 1 is 1.19 bits per heavy atom. The molecule has 1 fully saturated rings. The molecule has 1 N–H and O–H groups in total. The van der Waals surface area contributed by atoms with Gasteiger partial charge in [0.2, 0.25) is 0 Å². The molecule has 0 aromatic heterocycles. The van der Waals surface area contributed by atoms with Crippen LogP contribution in [0.15, 0.2) is 24.3 Å². The molecule has 3 atom stereocenters. The second-order valence-electron chi connectivity index (χ2n) is 6.90. The van der Waals surface area contributed by atoms with Crippen LogP contribution in [-0.4, -0.2) is 38.2 Å². The van der Waals surface area contributed by atoms with E-state index in [1.807, 2.05) is 0 Å². The van der Waals surface area contributed by atoms with Gasteiger partial charge in [-0.2, -0.15) is 0 Å². The van der Waals surface area contributed by atoms with Gasteiger partial charge in [0, 0.05) is 23.7 Å². The third-order valence-electron chi connectivity index (χ3n) is 4.94. The van der Waals surface area contributed by atoms with Crippen molar-refractivity contribution in [1.82, 2.24) is 5.32 Å². The molecule has 1 aromatic carbocycles. The van der Waals surface area contributed by atoms with E-state index < -0.39 is 12.1 Å². The number of carbonyl (C=O) groups excluding carboxylic acids is 2. The number of hydrogen-bond donors (Lipinski definition) is 1. The first-order chi connectivity index (χ1) is 12.9. The summed E-state index contributed by atoms with van der Waals surface area (Å²) in [4.78, 5) is 24.3. The van der Waals surface area contributed by atoms with Crippen molar-refractivity contribution in [1.29, 1.82) is 0 Å². The minimum Gasteiger partial charge on any atom is -0.497 e. The molecule has 0 bridgehead atoms. The molecule has 6 nitrogen and oxygen atoms in total. The standard InChI is InChI=1S/C21H29NO5/c1-14-7-5-6-8-18(14)22-21(24)15(2)27-20(23)12-10-16-9-11-17(25-3)13-19(16)26-4/h9-15,18H,5-8H2,1-4H3,(H,22,24)/b12-10+/t14-,15+,18+/m0/s1. The first kappa shape index (κ1) is 20.8. The van der Waals surface area contributed by atoms with Gasteiger partial charge in [0.1, 0.15) is 11.5 Å². The van der Waals surface area contributed by atoms with Gasteiger partial charge in [0.15, 0.2) is 6.10 Å². The summed E-state index contributed by atoms with van der Waals surface area (Å²) in [5.41, 5.74) is 0.711. The van der Waals surface area contributed by atoms with Crippen LogP contribution in [0.4, 0.5) is 0 Å². The van der Waals surface area contributed by atoms with Gasteiger partial charge in [0.05, 0.1) is 14.2 Å². The molecular weight excluding hydrogens is 346 g/mol. The molecule has 1 aromatic rings. The minimum atomic E-state index is -0.839. The van der Waals surface area contributed by atoms with Crippen LogP contribution < -0.4 is 14.8 Å². The maximum Gasteiger partial charge on any atom is 0.331 e. The Labute approximate surface area is 160 Å². The zero-order valence-corrected chi connectivity index (χ0v) is 16.5. The third kappa shape index (κ3) is 6.01. The fourth-order valence-electron chi connectivity index (χ4n) is 3.21. The Morgan fingerprint density at radius 2 is 1.93 bits per heavy atom. The summed E-state index contributed by atoms with van der Waals surface area (Å²) in [5, 5.41) is 3.00. The summed E-state index contributed by atoms with van der Waals surface area (Å²) >= 11 is 0. The second kappa shape index (κ2) is 10.00. The van der Waals surface area contributed by atoms with Crippen LogP contribution in [0, 0.1) is 5.92 Å². The predicted molar refractivity (Wildman–Crippen MR) is 104 cm³/mol. The van der Waals surface area contributed by atoms with Gasteiger partial charge in [-0.15, -0.1) is 0 Å². The fourth-order valence-corrected chi connectivity index (χ4v) is 3.21. The Morgan fingerprint density at radius 3 is 2.59 bits per heavy atom. The molecule has 0 unspecified atom stereocenters. The van der Waals surface area contributed by atoms with Gasteiger partial charge in [0.25, 0.3) is 5.91 Å². The first-order valence-corrected chi connectivity index (χ1v) is 9.35. The molecule has 0 spiro atoms. The van der Waals surface area contributed by atoms with Crippen molar-refractivity contribution in [2.24, 2.45) is 5.92 Å². The SMILES string of the molecule is COc1ccc(/C=C/C(=O)O[C@H](C)C(=O)N[C@@H]2CCCC[C@@H]2C)c(OC)c1. The first-order valence-electron chi connectivity index (χ1n) is 9.35. The van der Waals surface area contributed by atoms with Crippen molar-refractivity contribution in [2.45, 2.75) is 51.7 Å². The fraction of sp³-hybridized carbons (Fsp3) is 0.524. The summed E-state index contributed by atoms with van der Waals surface area (Å²) in [6, 6.07) is 5.44. The van der Waals surface area contributed by atoms with Crippen LogP contribution in [0.3, 0.4) is 0 Å². The molecule has 1 amide bonds. The van der Waals surface area contributed by atoms with Gasteiger partial charge in [-0.05, 0) is 43.9 Å². The Hall–Kier alpha value is -2.50. The van der Waals surface area contributed by atoms with Crippen molar-refractivity contribution >= 4 is 18.0 Å². The number of nitrogens with one attached hydrogen (secondary N) is 1. The monoisotopic (exact) mass is 375 g/mol. The van der Waals surface area contributed by atoms with Crippen molar-refractivity contribution in [3.63, 3.8) is 0 Å². The van der Waals surface area contributed by atoms with E-state index in [9.17, 15) is 9.59 Å². The van der Waals surface area contributed by atoms with Gasteiger partial charge >= 0.3 is 5.97 Å². The van der Waals surface area contributed by atoms with Gasteiger partial charge in [-0.3, -0.25) is 4.79 Å². The zero-order valence-electron chi connectivity index (χ0n) is 16.5. The zero-order chi connectivity index (χ0) is 19.8. The Kier molecular flexibility index (Phi) is 7.70. The molecule has 1 saturated carbocycles. The second-order valence-corrected chi connectivity index (χ2v) is 6.90. The smallest absolute Gasteiger partial charge is 0.331 e. The highest BCUT2D eigenvalue weighted by atomic mass is 16.5. The molecule has 2 rings (SSSR count). The number of amides is 1. The molecule has 0 saturated heterocycles. The Balaban J connectivity index is 1.90. The van der Waals surface area contributed by atoms with Crippen molar-refractivity contribution in [2.75, 3.05) is 14.2 Å². The lowest BCUT2D eigenvalue weighted by molar-refractivity contribution is -0.150. The van der Waals surface area contributed by atoms with Crippen molar-refractivity contribution < 1.29 is 23.8 Å². The number of hydrogen-bond acceptors (Lipinski definition) is 5. The molecule has 0 radical (unpaired) electrons. The van der Waals surface area contributed by atoms with Crippen LogP contribution in [0.5, 0.6) is 11.5 Å². The Bertz CT molecular complexity index is 685. The van der Waals surface area contributed by atoms with Gasteiger partial charge < -0.3 is 19.5 Å². The lowest BCUT2D eigenvalue weighted by Crippen LogP contribution is -2.45. The molecule has 0 aliphatic heterocycles. The minimum absolute atomic E-state index is 0.159. The molecule has 148 valence electrons. The van der Waals surface area contributed by atoms with Gasteiger partial charge in [-0.25, -0.2) is 4.79 Å². The summed E-state index contributed by atoms with van der Waals surface area (Å²) in [6.45, 7) is 3.73. The van der Waals surface area contributed by atoms with E-state index in [0.717, 1.165) is 19.3 Å². The highest BCUT2D eigenvalue weighted by Gasteiger charge is 2.25. The molecule has 6 heteroatoms. The van der Waals surface area contributed by atoms with E-state index >= 15 is 0 Å². The normalized spacial score (nSPS) is 20.7. The molecule has 27 heavy (non-hydrogen) atoms. The van der Waals surface area contributed by atoms with Crippen LogP contribution >= 0.6 is 0 Å². The maximum atomic E-state index is 12.3. The number of ether oxygens (including phenoxy) is 3. The lowest BCUT2D eigenvalue weighted by Gasteiger charge is -2.30. The van der Waals surface area contributed by atoms with Crippen LogP contribution in [-0.2, 0) is 14.3 Å². The largest absolute Gasteiger partial charge is 0.497 e. The van der Waals surface area contributed by atoms with E-state index in [-0.39, 0.29) is 11.9 Å². The maximum absolute atomic E-state index is 12.3. The average molecular weight is 375 g/mol.